The Morgan fingerprint density at radius 3 is 2.94 bits per heavy atom. The van der Waals surface area contributed by atoms with Crippen LogP contribution in [0.2, 0.25) is 0 Å². The average molecular weight is 232 g/mol. The fourth-order valence-corrected chi connectivity index (χ4v) is 1.75. The number of nitrogens with zero attached hydrogens (tertiary/aromatic N) is 3. The molecule has 1 unspecified atom stereocenters. The first kappa shape index (κ1) is 11.5. The zero-order valence-electron chi connectivity index (χ0n) is 9.94. The fraction of sp³-hybridized carbons (Fsp3) is 0.364. The van der Waals surface area contributed by atoms with Crippen molar-refractivity contribution < 1.29 is 0 Å². The van der Waals surface area contributed by atoms with E-state index in [0.29, 0.717) is 5.82 Å². The Morgan fingerprint density at radius 2 is 2.29 bits per heavy atom. The zero-order valence-corrected chi connectivity index (χ0v) is 9.94. The molecule has 1 atom stereocenters. The summed E-state index contributed by atoms with van der Waals surface area (Å²) in [7, 11) is 0. The normalized spacial score (nSPS) is 12.6. The van der Waals surface area contributed by atoms with Crippen molar-refractivity contribution in [2.75, 3.05) is 12.3 Å². The maximum Gasteiger partial charge on any atom is 0.146 e. The number of aromatic nitrogens is 4. The minimum Gasteiger partial charge on any atom is -0.383 e. The Labute approximate surface area is 99.7 Å². The Kier molecular flexibility index (Phi) is 3.34. The molecule has 6 nitrogen and oxygen atoms in total. The van der Waals surface area contributed by atoms with Crippen LogP contribution in [0.3, 0.4) is 0 Å². The minimum absolute atomic E-state index is 0.102. The van der Waals surface area contributed by atoms with E-state index in [0.717, 1.165) is 23.5 Å². The third kappa shape index (κ3) is 2.42. The summed E-state index contributed by atoms with van der Waals surface area (Å²) >= 11 is 0. The maximum absolute atomic E-state index is 5.91. The van der Waals surface area contributed by atoms with Crippen molar-refractivity contribution in [2.24, 2.45) is 0 Å². The van der Waals surface area contributed by atoms with Gasteiger partial charge in [0.2, 0.25) is 0 Å². The number of nitrogen functional groups attached to an aromatic ring is 1. The summed E-state index contributed by atoms with van der Waals surface area (Å²) in [6, 6.07) is 1.91. The highest BCUT2D eigenvalue weighted by atomic mass is 15.2. The van der Waals surface area contributed by atoms with E-state index in [1.807, 2.05) is 19.9 Å². The molecule has 6 heteroatoms. The highest BCUT2D eigenvalue weighted by Gasteiger charge is 2.19. The van der Waals surface area contributed by atoms with Crippen LogP contribution in [-0.2, 0) is 0 Å². The molecule has 0 bridgehead atoms. The molecule has 2 heterocycles. The second kappa shape index (κ2) is 4.92. The summed E-state index contributed by atoms with van der Waals surface area (Å²) in [4.78, 5) is 8.34. The number of hydrogen-bond acceptors (Lipinski definition) is 5. The lowest BCUT2D eigenvalue weighted by molar-refractivity contribution is 0.599. The van der Waals surface area contributed by atoms with Gasteiger partial charge in [0.05, 0.1) is 6.04 Å². The number of aryl methyl sites for hydroxylation is 1. The first-order chi connectivity index (χ1) is 8.22. The average Bonchev–Trinajstić information content (AvgIpc) is 2.83. The second-order valence-corrected chi connectivity index (χ2v) is 3.85. The molecule has 0 aliphatic heterocycles. The van der Waals surface area contributed by atoms with Gasteiger partial charge in [-0.05, 0) is 25.1 Å². The summed E-state index contributed by atoms with van der Waals surface area (Å²) in [5.74, 6) is 1.25. The summed E-state index contributed by atoms with van der Waals surface area (Å²) in [6.45, 7) is 4.82. The van der Waals surface area contributed by atoms with Gasteiger partial charge >= 0.3 is 0 Å². The van der Waals surface area contributed by atoms with Crippen molar-refractivity contribution in [3.05, 3.63) is 35.5 Å². The van der Waals surface area contributed by atoms with Crippen molar-refractivity contribution in [3.63, 3.8) is 0 Å². The van der Waals surface area contributed by atoms with E-state index in [4.69, 9.17) is 5.73 Å². The lowest BCUT2D eigenvalue weighted by Crippen LogP contribution is -2.24. The predicted octanol–water partition coefficient (Wildman–Crippen LogP) is 0.789. The largest absolute Gasteiger partial charge is 0.383 e. The highest BCUT2D eigenvalue weighted by Crippen LogP contribution is 2.23. The Bertz CT molecular complexity index is 479. The molecule has 90 valence electrons. The highest BCUT2D eigenvalue weighted by molar-refractivity contribution is 5.45. The second-order valence-electron chi connectivity index (χ2n) is 3.85. The molecule has 0 saturated carbocycles. The molecule has 0 radical (unpaired) electrons. The quantitative estimate of drug-likeness (QED) is 0.724. The summed E-state index contributed by atoms with van der Waals surface area (Å²) < 4.78 is 0. The smallest absolute Gasteiger partial charge is 0.146 e. The molecular formula is C11H16N6. The number of H-pyrrole nitrogens is 1. The predicted molar refractivity (Wildman–Crippen MR) is 65.3 cm³/mol. The van der Waals surface area contributed by atoms with Gasteiger partial charge in [-0.3, -0.25) is 5.10 Å². The molecule has 2 rings (SSSR count). The van der Waals surface area contributed by atoms with Crippen LogP contribution >= 0.6 is 0 Å². The lowest BCUT2D eigenvalue weighted by Gasteiger charge is -2.17. The Morgan fingerprint density at radius 1 is 1.47 bits per heavy atom. The SMILES string of the molecule is CCNC(c1ncn[nH]1)c1cc(C)cnc1N. The van der Waals surface area contributed by atoms with Crippen LogP contribution in [0.4, 0.5) is 5.82 Å². The fourth-order valence-electron chi connectivity index (χ4n) is 1.75. The van der Waals surface area contributed by atoms with Gasteiger partial charge in [-0.1, -0.05) is 6.92 Å². The molecule has 0 spiro atoms. The van der Waals surface area contributed by atoms with Crippen molar-refractivity contribution in [1.82, 2.24) is 25.5 Å². The van der Waals surface area contributed by atoms with Crippen LogP contribution < -0.4 is 11.1 Å². The summed E-state index contributed by atoms with van der Waals surface area (Å²) in [5, 5.41) is 10.0. The van der Waals surface area contributed by atoms with Gasteiger partial charge < -0.3 is 11.1 Å². The third-order valence-electron chi connectivity index (χ3n) is 2.51. The van der Waals surface area contributed by atoms with Crippen molar-refractivity contribution in [3.8, 4) is 0 Å². The molecule has 0 saturated heterocycles. The first-order valence-electron chi connectivity index (χ1n) is 5.53. The van der Waals surface area contributed by atoms with Crippen LogP contribution in [-0.4, -0.2) is 26.7 Å². The molecule has 0 fully saturated rings. The van der Waals surface area contributed by atoms with E-state index in [-0.39, 0.29) is 6.04 Å². The number of anilines is 1. The molecule has 2 aromatic rings. The molecule has 0 aliphatic rings. The van der Waals surface area contributed by atoms with Gasteiger partial charge in [0.25, 0.3) is 0 Å². The standard InChI is InChI=1S/C11H16N6/c1-3-13-9(11-15-6-16-17-11)8-4-7(2)5-14-10(8)12/h4-6,9,13H,3H2,1-2H3,(H2,12,14)(H,15,16,17). The lowest BCUT2D eigenvalue weighted by atomic mass is 10.1. The monoisotopic (exact) mass is 232 g/mol. The van der Waals surface area contributed by atoms with E-state index in [2.05, 4.69) is 25.5 Å². The summed E-state index contributed by atoms with van der Waals surface area (Å²) in [6.07, 6.45) is 3.24. The molecule has 4 N–H and O–H groups in total. The molecular weight excluding hydrogens is 216 g/mol. The molecule has 17 heavy (non-hydrogen) atoms. The Hall–Kier alpha value is -1.95. The van der Waals surface area contributed by atoms with Crippen LogP contribution in [0.5, 0.6) is 0 Å². The van der Waals surface area contributed by atoms with E-state index in [1.165, 1.54) is 6.33 Å². The van der Waals surface area contributed by atoms with E-state index >= 15 is 0 Å². The van der Waals surface area contributed by atoms with Crippen LogP contribution in [0, 0.1) is 6.92 Å². The molecule has 0 aromatic carbocycles. The van der Waals surface area contributed by atoms with Gasteiger partial charge in [0.1, 0.15) is 18.0 Å². The third-order valence-corrected chi connectivity index (χ3v) is 2.51. The van der Waals surface area contributed by atoms with Crippen molar-refractivity contribution in [2.45, 2.75) is 19.9 Å². The molecule has 0 aliphatic carbocycles. The number of rotatable bonds is 4. The number of pyridine rings is 1. The van der Waals surface area contributed by atoms with Gasteiger partial charge in [-0.25, -0.2) is 9.97 Å². The van der Waals surface area contributed by atoms with Gasteiger partial charge in [-0.15, -0.1) is 0 Å². The molecule has 2 aromatic heterocycles. The van der Waals surface area contributed by atoms with Crippen LogP contribution in [0.15, 0.2) is 18.6 Å². The van der Waals surface area contributed by atoms with E-state index < -0.39 is 0 Å². The number of nitrogens with two attached hydrogens (primary N) is 1. The summed E-state index contributed by atoms with van der Waals surface area (Å²) in [5.41, 5.74) is 7.90. The Balaban J connectivity index is 2.42. The number of nitrogens with one attached hydrogen (secondary N) is 2. The number of hydrogen-bond donors (Lipinski definition) is 3. The van der Waals surface area contributed by atoms with E-state index in [9.17, 15) is 0 Å². The first-order valence-corrected chi connectivity index (χ1v) is 5.53. The van der Waals surface area contributed by atoms with Crippen molar-refractivity contribution in [1.29, 1.82) is 0 Å². The minimum atomic E-state index is -0.102. The van der Waals surface area contributed by atoms with Crippen LogP contribution in [0.1, 0.15) is 29.9 Å². The van der Waals surface area contributed by atoms with Crippen molar-refractivity contribution >= 4 is 5.82 Å². The van der Waals surface area contributed by atoms with Crippen LogP contribution in [0.25, 0.3) is 0 Å². The topological polar surface area (TPSA) is 92.5 Å². The van der Waals surface area contributed by atoms with Gasteiger partial charge in [0, 0.05) is 11.8 Å². The number of aromatic amines is 1. The molecule has 0 amide bonds. The zero-order chi connectivity index (χ0) is 12.3. The van der Waals surface area contributed by atoms with Gasteiger partial charge in [0.15, 0.2) is 0 Å². The maximum atomic E-state index is 5.91. The van der Waals surface area contributed by atoms with E-state index in [1.54, 1.807) is 6.20 Å². The van der Waals surface area contributed by atoms with Gasteiger partial charge in [-0.2, -0.15) is 5.10 Å².